The van der Waals surface area contributed by atoms with E-state index in [1.807, 2.05) is 11.8 Å². The average molecular weight is 292 g/mol. The van der Waals surface area contributed by atoms with Gasteiger partial charge in [-0.2, -0.15) is 11.8 Å². The summed E-state index contributed by atoms with van der Waals surface area (Å²) in [7, 11) is 0. The molecule has 1 unspecified atom stereocenters. The zero-order chi connectivity index (χ0) is 14.0. The van der Waals surface area contributed by atoms with Gasteiger partial charge in [-0.1, -0.05) is 43.2 Å². The normalized spacial score (nSPS) is 20.1. The summed E-state index contributed by atoms with van der Waals surface area (Å²) >= 11 is 1.97. The van der Waals surface area contributed by atoms with Gasteiger partial charge in [-0.25, -0.2) is 0 Å². The van der Waals surface area contributed by atoms with Crippen molar-refractivity contribution in [3.8, 4) is 0 Å². The van der Waals surface area contributed by atoms with Gasteiger partial charge >= 0.3 is 0 Å². The third-order valence-electron chi connectivity index (χ3n) is 4.08. The maximum absolute atomic E-state index is 3.54. The first-order valence-electron chi connectivity index (χ1n) is 7.90. The second-order valence-electron chi connectivity index (χ2n) is 5.57. The van der Waals surface area contributed by atoms with E-state index in [-0.39, 0.29) is 0 Å². The number of benzene rings is 1. The van der Waals surface area contributed by atoms with Gasteiger partial charge in [-0.15, -0.1) is 0 Å². The van der Waals surface area contributed by atoms with Gasteiger partial charge in [0.1, 0.15) is 0 Å². The van der Waals surface area contributed by atoms with Crippen molar-refractivity contribution in [2.45, 2.75) is 31.7 Å². The predicted molar refractivity (Wildman–Crippen MR) is 90.5 cm³/mol. The minimum Gasteiger partial charge on any atom is -0.314 e. The minimum atomic E-state index is 0.566. The highest BCUT2D eigenvalue weighted by atomic mass is 32.2. The SMILES string of the molecule is CSCCCCCCN1CCNCC1c1ccccc1. The van der Waals surface area contributed by atoms with Crippen LogP contribution in [0, 0.1) is 0 Å². The maximum Gasteiger partial charge on any atom is 0.0473 e. The molecule has 1 aromatic carbocycles. The van der Waals surface area contributed by atoms with Crippen LogP contribution in [-0.4, -0.2) is 43.1 Å². The van der Waals surface area contributed by atoms with Gasteiger partial charge in [-0.3, -0.25) is 4.90 Å². The summed E-state index contributed by atoms with van der Waals surface area (Å²) < 4.78 is 0. The van der Waals surface area contributed by atoms with E-state index in [9.17, 15) is 0 Å². The molecule has 20 heavy (non-hydrogen) atoms. The van der Waals surface area contributed by atoms with Crippen LogP contribution >= 0.6 is 11.8 Å². The van der Waals surface area contributed by atoms with Crippen molar-refractivity contribution in [3.05, 3.63) is 35.9 Å². The third-order valence-corrected chi connectivity index (χ3v) is 4.78. The molecule has 1 aliphatic rings. The lowest BCUT2D eigenvalue weighted by Gasteiger charge is -2.36. The molecule has 1 aliphatic heterocycles. The molecule has 1 N–H and O–H groups in total. The number of rotatable bonds is 8. The first-order chi connectivity index (χ1) is 9.92. The van der Waals surface area contributed by atoms with Crippen molar-refractivity contribution in [2.24, 2.45) is 0 Å². The molecular weight excluding hydrogens is 264 g/mol. The van der Waals surface area contributed by atoms with Crippen LogP contribution in [0.3, 0.4) is 0 Å². The molecule has 0 radical (unpaired) electrons. The minimum absolute atomic E-state index is 0.566. The fourth-order valence-corrected chi connectivity index (χ4v) is 3.43. The Bertz CT molecular complexity index is 355. The average Bonchev–Trinajstić information content (AvgIpc) is 2.52. The number of nitrogens with zero attached hydrogens (tertiary/aromatic N) is 1. The summed E-state index contributed by atoms with van der Waals surface area (Å²) in [5.41, 5.74) is 1.46. The van der Waals surface area contributed by atoms with Crippen LogP contribution in [0.4, 0.5) is 0 Å². The lowest BCUT2D eigenvalue weighted by atomic mass is 10.0. The second kappa shape index (κ2) is 9.43. The quantitative estimate of drug-likeness (QED) is 0.738. The highest BCUT2D eigenvalue weighted by Crippen LogP contribution is 2.22. The molecule has 2 nitrogen and oxygen atoms in total. The van der Waals surface area contributed by atoms with E-state index in [0.717, 1.165) is 13.1 Å². The Hall–Kier alpha value is -0.510. The van der Waals surface area contributed by atoms with Crippen LogP contribution in [0.1, 0.15) is 37.3 Å². The van der Waals surface area contributed by atoms with Crippen LogP contribution in [0.2, 0.25) is 0 Å². The highest BCUT2D eigenvalue weighted by molar-refractivity contribution is 7.98. The maximum atomic E-state index is 3.54. The monoisotopic (exact) mass is 292 g/mol. The van der Waals surface area contributed by atoms with Crippen LogP contribution in [-0.2, 0) is 0 Å². The number of thioether (sulfide) groups is 1. The molecule has 0 aliphatic carbocycles. The predicted octanol–water partition coefficient (Wildman–Crippen LogP) is 3.56. The molecular formula is C17H28N2S. The first kappa shape index (κ1) is 15.9. The Morgan fingerprint density at radius 3 is 2.75 bits per heavy atom. The van der Waals surface area contributed by atoms with E-state index in [0.29, 0.717) is 6.04 Å². The summed E-state index contributed by atoms with van der Waals surface area (Å²) in [5.74, 6) is 1.32. The van der Waals surface area contributed by atoms with Crippen molar-refractivity contribution in [3.63, 3.8) is 0 Å². The summed E-state index contributed by atoms with van der Waals surface area (Å²) in [5, 5.41) is 3.54. The van der Waals surface area contributed by atoms with E-state index >= 15 is 0 Å². The second-order valence-corrected chi connectivity index (χ2v) is 6.56. The van der Waals surface area contributed by atoms with Gasteiger partial charge in [0, 0.05) is 25.7 Å². The fraction of sp³-hybridized carbons (Fsp3) is 0.647. The standard InChI is InChI=1S/C17H28N2S/c1-20-14-8-3-2-7-12-19-13-11-18-15-17(19)16-9-5-4-6-10-16/h4-6,9-10,17-18H,2-3,7-8,11-15H2,1H3. The van der Waals surface area contributed by atoms with Crippen molar-refractivity contribution >= 4 is 11.8 Å². The van der Waals surface area contributed by atoms with E-state index in [4.69, 9.17) is 0 Å². The van der Waals surface area contributed by atoms with Crippen LogP contribution in [0.25, 0.3) is 0 Å². The van der Waals surface area contributed by atoms with Gasteiger partial charge in [0.15, 0.2) is 0 Å². The Balaban J connectivity index is 1.76. The summed E-state index contributed by atoms with van der Waals surface area (Å²) in [6, 6.07) is 11.5. The lowest BCUT2D eigenvalue weighted by Crippen LogP contribution is -2.46. The molecule has 1 fully saturated rings. The lowest BCUT2D eigenvalue weighted by molar-refractivity contribution is 0.159. The number of nitrogens with one attached hydrogen (secondary N) is 1. The first-order valence-corrected chi connectivity index (χ1v) is 9.30. The summed E-state index contributed by atoms with van der Waals surface area (Å²) in [6.07, 6.45) is 7.70. The molecule has 1 atom stereocenters. The molecule has 0 aromatic heterocycles. The molecule has 1 aromatic rings. The summed E-state index contributed by atoms with van der Waals surface area (Å²) in [4.78, 5) is 2.67. The highest BCUT2D eigenvalue weighted by Gasteiger charge is 2.22. The Kier molecular flexibility index (Phi) is 7.48. The molecule has 1 saturated heterocycles. The van der Waals surface area contributed by atoms with Gasteiger partial charge in [0.25, 0.3) is 0 Å². The van der Waals surface area contributed by atoms with Crippen molar-refractivity contribution in [1.29, 1.82) is 0 Å². The Morgan fingerprint density at radius 2 is 1.95 bits per heavy atom. The van der Waals surface area contributed by atoms with Crippen molar-refractivity contribution in [1.82, 2.24) is 10.2 Å². The number of hydrogen-bond donors (Lipinski definition) is 1. The number of unbranched alkanes of at least 4 members (excludes halogenated alkanes) is 3. The third kappa shape index (κ3) is 5.12. The molecule has 2 rings (SSSR count). The largest absolute Gasteiger partial charge is 0.314 e. The zero-order valence-corrected chi connectivity index (χ0v) is 13.5. The molecule has 0 amide bonds. The van der Waals surface area contributed by atoms with Crippen LogP contribution in [0.5, 0.6) is 0 Å². The summed E-state index contributed by atoms with van der Waals surface area (Å²) in [6.45, 7) is 4.66. The number of hydrogen-bond acceptors (Lipinski definition) is 3. The van der Waals surface area contributed by atoms with E-state index < -0.39 is 0 Å². The molecule has 1 heterocycles. The van der Waals surface area contributed by atoms with Crippen LogP contribution < -0.4 is 5.32 Å². The van der Waals surface area contributed by atoms with E-state index in [1.165, 1.54) is 50.1 Å². The van der Waals surface area contributed by atoms with Gasteiger partial charge in [0.2, 0.25) is 0 Å². The van der Waals surface area contributed by atoms with Gasteiger partial charge in [-0.05, 0) is 37.0 Å². The molecule has 3 heteroatoms. The Labute approximate surface area is 128 Å². The van der Waals surface area contributed by atoms with E-state index in [1.54, 1.807) is 0 Å². The molecule has 0 saturated carbocycles. The van der Waals surface area contributed by atoms with Gasteiger partial charge in [0.05, 0.1) is 0 Å². The molecule has 0 spiro atoms. The van der Waals surface area contributed by atoms with Gasteiger partial charge < -0.3 is 5.32 Å². The van der Waals surface area contributed by atoms with Crippen LogP contribution in [0.15, 0.2) is 30.3 Å². The fourth-order valence-electron chi connectivity index (χ4n) is 2.93. The topological polar surface area (TPSA) is 15.3 Å². The van der Waals surface area contributed by atoms with E-state index in [2.05, 4.69) is 46.8 Å². The smallest absolute Gasteiger partial charge is 0.0473 e. The number of piperazine rings is 1. The molecule has 112 valence electrons. The van der Waals surface area contributed by atoms with Crippen molar-refractivity contribution in [2.75, 3.05) is 38.2 Å². The zero-order valence-electron chi connectivity index (χ0n) is 12.7. The molecule has 0 bridgehead atoms. The Morgan fingerprint density at radius 1 is 1.15 bits per heavy atom. The van der Waals surface area contributed by atoms with Crippen molar-refractivity contribution < 1.29 is 0 Å².